The molecule has 3 aliphatic rings. The second-order valence-electron chi connectivity index (χ2n) is 7.49. The van der Waals surface area contributed by atoms with Crippen LogP contribution in [0.2, 0.25) is 0 Å². The molecular weight excluding hydrogens is 296 g/mol. The van der Waals surface area contributed by atoms with Gasteiger partial charge in [-0.15, -0.1) is 0 Å². The Morgan fingerprint density at radius 1 is 1.26 bits per heavy atom. The predicted octanol–water partition coefficient (Wildman–Crippen LogP) is 2.23. The van der Waals surface area contributed by atoms with E-state index in [9.17, 15) is 9.59 Å². The van der Waals surface area contributed by atoms with Crippen molar-refractivity contribution in [3.05, 3.63) is 0 Å². The van der Waals surface area contributed by atoms with Crippen LogP contribution in [-0.4, -0.2) is 53.8 Å². The van der Waals surface area contributed by atoms with Crippen LogP contribution in [0.15, 0.2) is 0 Å². The van der Waals surface area contributed by atoms with Gasteiger partial charge in [0.2, 0.25) is 0 Å². The van der Waals surface area contributed by atoms with Gasteiger partial charge in [-0.3, -0.25) is 4.79 Å². The highest BCUT2D eigenvalue weighted by atomic mass is 16.5. The first-order chi connectivity index (χ1) is 11.0. The van der Waals surface area contributed by atoms with Crippen LogP contribution in [0.4, 0.5) is 4.79 Å². The van der Waals surface area contributed by atoms with Crippen LogP contribution in [-0.2, 0) is 9.53 Å². The van der Waals surface area contributed by atoms with E-state index in [1.54, 1.807) is 0 Å². The van der Waals surface area contributed by atoms with E-state index in [0.29, 0.717) is 18.9 Å². The zero-order valence-corrected chi connectivity index (χ0v) is 13.9. The van der Waals surface area contributed by atoms with Crippen LogP contribution in [0.25, 0.3) is 0 Å². The SMILES string of the molecule is CCOC1CC2(CCN(C(=O)NC3CCC(C(=O)O)CC3)C2)C1. The fourth-order valence-electron chi connectivity index (χ4n) is 4.45. The molecule has 2 N–H and O–H groups in total. The summed E-state index contributed by atoms with van der Waals surface area (Å²) >= 11 is 0. The molecule has 0 aromatic rings. The van der Waals surface area contributed by atoms with Crippen LogP contribution >= 0.6 is 0 Å². The molecule has 2 saturated carbocycles. The van der Waals surface area contributed by atoms with E-state index in [2.05, 4.69) is 5.32 Å². The number of nitrogens with zero attached hydrogens (tertiary/aromatic N) is 1. The number of likely N-dealkylation sites (tertiary alicyclic amines) is 1. The number of carbonyl (C=O) groups excluding carboxylic acids is 1. The van der Waals surface area contributed by atoms with E-state index in [-0.39, 0.29) is 23.4 Å². The second-order valence-corrected chi connectivity index (χ2v) is 7.49. The Morgan fingerprint density at radius 3 is 2.57 bits per heavy atom. The van der Waals surface area contributed by atoms with Gasteiger partial charge in [-0.05, 0) is 57.3 Å². The van der Waals surface area contributed by atoms with Gasteiger partial charge in [-0.2, -0.15) is 0 Å². The average Bonchev–Trinajstić information content (AvgIpc) is 2.93. The molecule has 130 valence electrons. The van der Waals surface area contributed by atoms with Crippen molar-refractivity contribution in [3.8, 4) is 0 Å². The number of aliphatic carboxylic acids is 1. The zero-order chi connectivity index (χ0) is 16.4. The molecule has 6 nitrogen and oxygen atoms in total. The van der Waals surface area contributed by atoms with Gasteiger partial charge in [0.15, 0.2) is 0 Å². The monoisotopic (exact) mass is 324 g/mol. The Labute approximate surface area is 137 Å². The van der Waals surface area contributed by atoms with Crippen molar-refractivity contribution in [2.24, 2.45) is 11.3 Å². The Kier molecular flexibility index (Phi) is 4.80. The predicted molar refractivity (Wildman–Crippen MR) is 85.2 cm³/mol. The van der Waals surface area contributed by atoms with E-state index in [4.69, 9.17) is 9.84 Å². The molecule has 0 unspecified atom stereocenters. The molecule has 1 spiro atoms. The van der Waals surface area contributed by atoms with Gasteiger partial charge >= 0.3 is 12.0 Å². The van der Waals surface area contributed by atoms with Crippen LogP contribution in [0.1, 0.15) is 51.9 Å². The number of amides is 2. The minimum atomic E-state index is -0.704. The Bertz CT molecular complexity index is 454. The summed E-state index contributed by atoms with van der Waals surface area (Å²) in [6.07, 6.45) is 6.50. The third-order valence-corrected chi connectivity index (χ3v) is 5.85. The van der Waals surface area contributed by atoms with Crippen molar-refractivity contribution < 1.29 is 19.4 Å². The van der Waals surface area contributed by atoms with Crippen LogP contribution in [0.5, 0.6) is 0 Å². The maximum absolute atomic E-state index is 12.4. The van der Waals surface area contributed by atoms with Crippen molar-refractivity contribution in [2.45, 2.75) is 64.0 Å². The molecule has 3 rings (SSSR count). The van der Waals surface area contributed by atoms with Gasteiger partial charge in [0.1, 0.15) is 0 Å². The molecule has 0 radical (unpaired) electrons. The number of carbonyl (C=O) groups is 2. The largest absolute Gasteiger partial charge is 0.481 e. The van der Waals surface area contributed by atoms with Crippen molar-refractivity contribution in [2.75, 3.05) is 19.7 Å². The Hall–Kier alpha value is -1.30. The highest BCUT2D eigenvalue weighted by Gasteiger charge is 2.49. The maximum atomic E-state index is 12.4. The van der Waals surface area contributed by atoms with Crippen molar-refractivity contribution >= 4 is 12.0 Å². The zero-order valence-electron chi connectivity index (χ0n) is 13.9. The van der Waals surface area contributed by atoms with Gasteiger partial charge in [-0.1, -0.05) is 0 Å². The van der Waals surface area contributed by atoms with E-state index in [0.717, 1.165) is 51.8 Å². The average molecular weight is 324 g/mol. The lowest BCUT2D eigenvalue weighted by Gasteiger charge is -2.44. The van der Waals surface area contributed by atoms with E-state index < -0.39 is 5.97 Å². The molecule has 0 atom stereocenters. The summed E-state index contributed by atoms with van der Waals surface area (Å²) < 4.78 is 5.64. The number of nitrogens with one attached hydrogen (secondary N) is 1. The third kappa shape index (κ3) is 3.62. The smallest absolute Gasteiger partial charge is 0.317 e. The molecule has 2 aliphatic carbocycles. The number of carboxylic acids is 1. The second kappa shape index (κ2) is 6.67. The van der Waals surface area contributed by atoms with Gasteiger partial charge < -0.3 is 20.1 Å². The Balaban J connectivity index is 1.41. The van der Waals surface area contributed by atoms with Crippen molar-refractivity contribution in [1.82, 2.24) is 10.2 Å². The number of rotatable bonds is 4. The standard InChI is InChI=1S/C17H28N2O4/c1-2-23-14-9-17(10-14)7-8-19(11-17)16(22)18-13-5-3-12(4-6-13)15(20)21/h12-14H,2-11H2,1H3,(H,18,22)(H,20,21). The summed E-state index contributed by atoms with van der Waals surface area (Å²) in [5.74, 6) is -0.936. The fraction of sp³-hybridized carbons (Fsp3) is 0.882. The number of hydrogen-bond donors (Lipinski definition) is 2. The van der Waals surface area contributed by atoms with Gasteiger partial charge in [0.25, 0.3) is 0 Å². The van der Waals surface area contributed by atoms with Crippen molar-refractivity contribution in [1.29, 1.82) is 0 Å². The fourth-order valence-corrected chi connectivity index (χ4v) is 4.45. The van der Waals surface area contributed by atoms with Gasteiger partial charge in [0.05, 0.1) is 12.0 Å². The minimum absolute atomic E-state index is 0.0282. The third-order valence-electron chi connectivity index (χ3n) is 5.85. The van der Waals surface area contributed by atoms with E-state index in [1.807, 2.05) is 11.8 Å². The van der Waals surface area contributed by atoms with Crippen molar-refractivity contribution in [3.63, 3.8) is 0 Å². The molecule has 0 bridgehead atoms. The van der Waals surface area contributed by atoms with Crippen LogP contribution < -0.4 is 5.32 Å². The van der Waals surface area contributed by atoms with Gasteiger partial charge in [0, 0.05) is 25.7 Å². The molecule has 1 saturated heterocycles. The molecule has 0 aromatic carbocycles. The first kappa shape index (κ1) is 16.6. The molecule has 3 fully saturated rings. The minimum Gasteiger partial charge on any atom is -0.481 e. The number of hydrogen-bond acceptors (Lipinski definition) is 3. The number of ether oxygens (including phenoxy) is 1. The van der Waals surface area contributed by atoms with E-state index >= 15 is 0 Å². The van der Waals surface area contributed by atoms with Crippen LogP contribution in [0.3, 0.4) is 0 Å². The first-order valence-electron chi connectivity index (χ1n) is 8.91. The highest BCUT2D eigenvalue weighted by molar-refractivity contribution is 5.75. The Morgan fingerprint density at radius 2 is 1.96 bits per heavy atom. The summed E-state index contributed by atoms with van der Waals surface area (Å²) in [6, 6.07) is 0.160. The lowest BCUT2D eigenvalue weighted by molar-refractivity contribution is -0.142. The maximum Gasteiger partial charge on any atom is 0.317 e. The lowest BCUT2D eigenvalue weighted by atomic mass is 9.66. The van der Waals surface area contributed by atoms with Gasteiger partial charge in [-0.25, -0.2) is 4.79 Å². The topological polar surface area (TPSA) is 78.9 Å². The summed E-state index contributed by atoms with van der Waals surface area (Å²) in [5, 5.41) is 12.1. The normalized spacial score (nSPS) is 36.7. The molecule has 23 heavy (non-hydrogen) atoms. The first-order valence-corrected chi connectivity index (χ1v) is 8.91. The number of carboxylic acid groups (broad SMARTS) is 1. The summed E-state index contributed by atoms with van der Waals surface area (Å²) in [6.45, 7) is 4.46. The summed E-state index contributed by atoms with van der Waals surface area (Å²) in [7, 11) is 0. The quantitative estimate of drug-likeness (QED) is 0.831. The molecule has 1 heterocycles. The highest BCUT2D eigenvalue weighted by Crippen LogP contribution is 2.49. The lowest BCUT2D eigenvalue weighted by Crippen LogP contribution is -2.48. The molecule has 0 aromatic heterocycles. The van der Waals surface area contributed by atoms with Crippen LogP contribution in [0, 0.1) is 11.3 Å². The molecule has 1 aliphatic heterocycles. The summed E-state index contributed by atoms with van der Waals surface area (Å²) in [5.41, 5.74) is 0.290. The summed E-state index contributed by atoms with van der Waals surface area (Å²) in [4.78, 5) is 25.3. The molecular formula is C17H28N2O4. The van der Waals surface area contributed by atoms with E-state index in [1.165, 1.54) is 0 Å². The number of urea groups is 1. The molecule has 6 heteroatoms. The molecule has 2 amide bonds.